The van der Waals surface area contributed by atoms with E-state index in [1.54, 1.807) is 0 Å². The Balaban J connectivity index is 2.55. The van der Waals surface area contributed by atoms with Gasteiger partial charge in [-0.2, -0.15) is 0 Å². The maximum absolute atomic E-state index is 5.54. The lowest BCUT2D eigenvalue weighted by molar-refractivity contribution is 0.529. The van der Waals surface area contributed by atoms with E-state index in [9.17, 15) is 0 Å². The van der Waals surface area contributed by atoms with Gasteiger partial charge in [0, 0.05) is 17.8 Å². The Labute approximate surface area is 91.9 Å². The van der Waals surface area contributed by atoms with Crippen LogP contribution in [0.25, 0.3) is 0 Å². The first-order valence-electron chi connectivity index (χ1n) is 5.69. The lowest BCUT2D eigenvalue weighted by atomic mass is 9.93. The van der Waals surface area contributed by atoms with Crippen molar-refractivity contribution in [2.75, 3.05) is 13.1 Å². The average molecular weight is 207 g/mol. The van der Waals surface area contributed by atoms with Crippen LogP contribution in [-0.4, -0.2) is 18.1 Å². The van der Waals surface area contributed by atoms with Gasteiger partial charge < -0.3 is 11.5 Å². The minimum Gasteiger partial charge on any atom is -0.330 e. The summed E-state index contributed by atoms with van der Waals surface area (Å²) < 4.78 is 0. The Morgan fingerprint density at radius 1 is 1.07 bits per heavy atom. The molecule has 84 valence electrons. The molecular weight excluding hydrogens is 186 g/mol. The van der Waals surface area contributed by atoms with Crippen molar-refractivity contribution < 1.29 is 0 Å². The zero-order valence-electron chi connectivity index (χ0n) is 9.23. The highest BCUT2D eigenvalue weighted by atomic mass is 14.7. The van der Waals surface area contributed by atoms with E-state index in [1.165, 1.54) is 5.69 Å². The van der Waals surface area contributed by atoms with Crippen molar-refractivity contribution in [1.29, 1.82) is 0 Å². The smallest absolute Gasteiger partial charge is 0.0434 e. The summed E-state index contributed by atoms with van der Waals surface area (Å²) in [5.41, 5.74) is 12.3. The van der Waals surface area contributed by atoms with Gasteiger partial charge in [0.15, 0.2) is 0 Å². The van der Waals surface area contributed by atoms with E-state index in [-0.39, 0.29) is 0 Å². The summed E-state index contributed by atoms with van der Waals surface area (Å²) in [4.78, 5) is 4.40. The number of rotatable bonds is 7. The molecule has 0 aromatic carbocycles. The van der Waals surface area contributed by atoms with Gasteiger partial charge in [0.2, 0.25) is 0 Å². The van der Waals surface area contributed by atoms with Crippen LogP contribution < -0.4 is 11.5 Å². The number of aromatic nitrogens is 1. The highest BCUT2D eigenvalue weighted by molar-refractivity contribution is 5.09. The van der Waals surface area contributed by atoms with Gasteiger partial charge in [-0.1, -0.05) is 6.07 Å². The fourth-order valence-corrected chi connectivity index (χ4v) is 1.79. The monoisotopic (exact) mass is 207 g/mol. The second kappa shape index (κ2) is 7.37. The molecule has 0 aliphatic rings. The summed E-state index contributed by atoms with van der Waals surface area (Å²) in [6, 6.07) is 6.09. The van der Waals surface area contributed by atoms with Crippen molar-refractivity contribution in [1.82, 2.24) is 4.98 Å². The molecule has 0 saturated carbocycles. The topological polar surface area (TPSA) is 64.9 Å². The van der Waals surface area contributed by atoms with E-state index in [0.29, 0.717) is 5.92 Å². The van der Waals surface area contributed by atoms with Gasteiger partial charge in [0.1, 0.15) is 0 Å². The summed E-state index contributed by atoms with van der Waals surface area (Å²) in [6.45, 7) is 1.51. The Bertz CT molecular complexity index is 240. The van der Waals surface area contributed by atoms with Gasteiger partial charge >= 0.3 is 0 Å². The van der Waals surface area contributed by atoms with Gasteiger partial charge in [-0.25, -0.2) is 0 Å². The number of nitrogens with two attached hydrogens (primary N) is 2. The van der Waals surface area contributed by atoms with E-state index in [2.05, 4.69) is 11.1 Å². The van der Waals surface area contributed by atoms with E-state index in [1.807, 2.05) is 18.3 Å². The first kappa shape index (κ1) is 12.1. The fraction of sp³-hybridized carbons (Fsp3) is 0.583. The molecule has 1 aromatic heterocycles. The molecule has 3 nitrogen and oxygen atoms in total. The van der Waals surface area contributed by atoms with Crippen LogP contribution in [0.1, 0.15) is 37.3 Å². The SMILES string of the molecule is NCCCC(CCCN)c1ccccn1. The molecule has 0 radical (unpaired) electrons. The van der Waals surface area contributed by atoms with E-state index in [0.717, 1.165) is 38.8 Å². The highest BCUT2D eigenvalue weighted by Crippen LogP contribution is 2.23. The Morgan fingerprint density at radius 2 is 1.73 bits per heavy atom. The Hall–Kier alpha value is -0.930. The van der Waals surface area contributed by atoms with Crippen LogP contribution in [0.4, 0.5) is 0 Å². The van der Waals surface area contributed by atoms with E-state index < -0.39 is 0 Å². The summed E-state index contributed by atoms with van der Waals surface area (Å²) in [5, 5.41) is 0. The fourth-order valence-electron chi connectivity index (χ4n) is 1.79. The zero-order valence-corrected chi connectivity index (χ0v) is 9.23. The third-order valence-corrected chi connectivity index (χ3v) is 2.62. The quantitative estimate of drug-likeness (QED) is 0.714. The van der Waals surface area contributed by atoms with Crippen molar-refractivity contribution in [2.24, 2.45) is 11.5 Å². The van der Waals surface area contributed by atoms with E-state index >= 15 is 0 Å². The third-order valence-electron chi connectivity index (χ3n) is 2.62. The summed E-state index contributed by atoms with van der Waals surface area (Å²) in [5.74, 6) is 0.526. The van der Waals surface area contributed by atoms with Gasteiger partial charge in [-0.3, -0.25) is 4.98 Å². The maximum atomic E-state index is 5.54. The summed E-state index contributed by atoms with van der Waals surface area (Å²) in [7, 11) is 0. The molecule has 0 aliphatic heterocycles. The second-order valence-electron chi connectivity index (χ2n) is 3.81. The van der Waals surface area contributed by atoms with Gasteiger partial charge in [0.25, 0.3) is 0 Å². The molecule has 3 heteroatoms. The first-order chi connectivity index (χ1) is 7.38. The number of hydrogen-bond donors (Lipinski definition) is 2. The first-order valence-corrected chi connectivity index (χ1v) is 5.69. The summed E-state index contributed by atoms with van der Waals surface area (Å²) >= 11 is 0. The minimum absolute atomic E-state index is 0.526. The molecule has 0 unspecified atom stereocenters. The molecule has 4 N–H and O–H groups in total. The van der Waals surface area contributed by atoms with E-state index in [4.69, 9.17) is 11.5 Å². The molecule has 0 aliphatic carbocycles. The number of pyridine rings is 1. The minimum atomic E-state index is 0.526. The van der Waals surface area contributed by atoms with Crippen LogP contribution in [-0.2, 0) is 0 Å². The van der Waals surface area contributed by atoms with Crippen LogP contribution in [0.3, 0.4) is 0 Å². The molecule has 0 bridgehead atoms. The molecule has 0 amide bonds. The molecule has 15 heavy (non-hydrogen) atoms. The lowest BCUT2D eigenvalue weighted by Crippen LogP contribution is -2.08. The van der Waals surface area contributed by atoms with Gasteiger partial charge in [-0.05, 0) is 50.9 Å². The zero-order chi connectivity index (χ0) is 10.9. The van der Waals surface area contributed by atoms with Crippen LogP contribution in [0.5, 0.6) is 0 Å². The van der Waals surface area contributed by atoms with Crippen LogP contribution in [0.2, 0.25) is 0 Å². The summed E-state index contributed by atoms with van der Waals surface area (Å²) in [6.07, 6.45) is 6.21. The largest absolute Gasteiger partial charge is 0.330 e. The Morgan fingerprint density at radius 3 is 2.20 bits per heavy atom. The predicted octanol–water partition coefficient (Wildman–Crippen LogP) is 1.64. The van der Waals surface area contributed by atoms with Crippen LogP contribution in [0.15, 0.2) is 24.4 Å². The maximum Gasteiger partial charge on any atom is 0.0434 e. The molecule has 0 atom stereocenters. The molecule has 0 saturated heterocycles. The number of nitrogens with zero attached hydrogens (tertiary/aromatic N) is 1. The van der Waals surface area contributed by atoms with Crippen molar-refractivity contribution in [3.8, 4) is 0 Å². The number of hydrogen-bond acceptors (Lipinski definition) is 3. The van der Waals surface area contributed by atoms with Crippen LogP contribution >= 0.6 is 0 Å². The highest BCUT2D eigenvalue weighted by Gasteiger charge is 2.11. The molecule has 1 heterocycles. The van der Waals surface area contributed by atoms with Crippen molar-refractivity contribution in [3.05, 3.63) is 30.1 Å². The average Bonchev–Trinajstić information content (AvgIpc) is 2.30. The normalized spacial score (nSPS) is 10.9. The standard InChI is InChI=1S/C12H21N3/c13-8-3-5-11(6-4-9-14)12-7-1-2-10-15-12/h1-2,7,10-11H,3-6,8-9,13-14H2. The lowest BCUT2D eigenvalue weighted by Gasteiger charge is -2.15. The van der Waals surface area contributed by atoms with Gasteiger partial charge in [0.05, 0.1) is 0 Å². The molecule has 1 aromatic rings. The second-order valence-corrected chi connectivity index (χ2v) is 3.81. The van der Waals surface area contributed by atoms with Crippen molar-refractivity contribution in [2.45, 2.75) is 31.6 Å². The molecule has 0 fully saturated rings. The Kier molecular flexibility index (Phi) is 5.97. The van der Waals surface area contributed by atoms with Gasteiger partial charge in [-0.15, -0.1) is 0 Å². The predicted molar refractivity (Wildman–Crippen MR) is 63.6 cm³/mol. The van der Waals surface area contributed by atoms with Crippen molar-refractivity contribution in [3.63, 3.8) is 0 Å². The van der Waals surface area contributed by atoms with Crippen molar-refractivity contribution >= 4 is 0 Å². The molecule has 0 spiro atoms. The molecule has 1 rings (SSSR count). The third kappa shape index (κ3) is 4.40. The molecular formula is C12H21N3. The van der Waals surface area contributed by atoms with Crippen LogP contribution in [0, 0.1) is 0 Å².